The largest absolute Gasteiger partial charge is 0.437 e. The number of para-hydroxylation sites is 1. The first-order chi connectivity index (χ1) is 10.8. The molecule has 0 amide bonds. The SMILES string of the molecule is Clc1ccc(-c2cnc3c(n2)Oc2ccccc2CC3)cc1. The Kier molecular flexibility index (Phi) is 3.28. The van der Waals surface area contributed by atoms with Gasteiger partial charge in [0.25, 0.3) is 0 Å². The van der Waals surface area contributed by atoms with Crippen molar-refractivity contribution in [1.82, 2.24) is 9.97 Å². The third-order valence-corrected chi connectivity index (χ3v) is 4.01. The molecule has 3 aromatic rings. The van der Waals surface area contributed by atoms with Gasteiger partial charge >= 0.3 is 0 Å². The van der Waals surface area contributed by atoms with Gasteiger partial charge in [-0.3, -0.25) is 4.98 Å². The highest BCUT2D eigenvalue weighted by Crippen LogP contribution is 2.32. The number of hydrogen-bond acceptors (Lipinski definition) is 3. The summed E-state index contributed by atoms with van der Waals surface area (Å²) in [6.45, 7) is 0. The molecule has 0 saturated heterocycles. The summed E-state index contributed by atoms with van der Waals surface area (Å²) in [6.07, 6.45) is 3.54. The zero-order valence-electron chi connectivity index (χ0n) is 11.8. The van der Waals surface area contributed by atoms with Crippen molar-refractivity contribution in [2.45, 2.75) is 12.8 Å². The highest BCUT2D eigenvalue weighted by Gasteiger charge is 2.17. The number of benzene rings is 2. The summed E-state index contributed by atoms with van der Waals surface area (Å²) in [7, 11) is 0. The number of fused-ring (bicyclic) bond motifs is 2. The molecule has 3 nitrogen and oxygen atoms in total. The normalized spacial score (nSPS) is 12.8. The van der Waals surface area contributed by atoms with Gasteiger partial charge in [0.05, 0.1) is 11.9 Å². The van der Waals surface area contributed by atoms with Crippen LogP contribution in [0.3, 0.4) is 0 Å². The van der Waals surface area contributed by atoms with Gasteiger partial charge in [-0.15, -0.1) is 0 Å². The average Bonchev–Trinajstić information content (AvgIpc) is 2.74. The molecule has 4 rings (SSSR count). The van der Waals surface area contributed by atoms with Crippen LogP contribution in [0.15, 0.2) is 54.7 Å². The molecule has 0 N–H and O–H groups in total. The molecule has 0 spiro atoms. The highest BCUT2D eigenvalue weighted by molar-refractivity contribution is 6.30. The summed E-state index contributed by atoms with van der Waals surface area (Å²) in [5.41, 5.74) is 3.85. The number of aromatic nitrogens is 2. The Morgan fingerprint density at radius 3 is 2.64 bits per heavy atom. The quantitative estimate of drug-likeness (QED) is 0.654. The molecular formula is C18H13ClN2O. The second-order valence-corrected chi connectivity index (χ2v) is 5.66. The zero-order valence-corrected chi connectivity index (χ0v) is 12.5. The van der Waals surface area contributed by atoms with Gasteiger partial charge < -0.3 is 4.74 Å². The van der Waals surface area contributed by atoms with Crippen molar-refractivity contribution in [3.05, 3.63) is 71.0 Å². The molecule has 0 unspecified atom stereocenters. The minimum Gasteiger partial charge on any atom is -0.437 e. The molecule has 1 aliphatic rings. The fraction of sp³-hybridized carbons (Fsp3) is 0.111. The fourth-order valence-corrected chi connectivity index (χ4v) is 2.70. The first-order valence-electron chi connectivity index (χ1n) is 7.17. The van der Waals surface area contributed by atoms with E-state index in [2.05, 4.69) is 16.0 Å². The average molecular weight is 309 g/mol. The van der Waals surface area contributed by atoms with E-state index in [1.54, 1.807) is 6.20 Å². The summed E-state index contributed by atoms with van der Waals surface area (Å²) in [4.78, 5) is 9.18. The van der Waals surface area contributed by atoms with Gasteiger partial charge in [-0.05, 0) is 36.6 Å². The lowest BCUT2D eigenvalue weighted by molar-refractivity contribution is 0.457. The van der Waals surface area contributed by atoms with Gasteiger partial charge in [0, 0.05) is 10.6 Å². The number of halogens is 1. The maximum Gasteiger partial charge on any atom is 0.241 e. The van der Waals surface area contributed by atoms with Crippen LogP contribution in [0.25, 0.3) is 11.3 Å². The van der Waals surface area contributed by atoms with Crippen LogP contribution in [0.1, 0.15) is 11.3 Å². The standard InChI is InChI=1S/C18H13ClN2O/c19-14-8-5-12(6-9-14)16-11-20-15-10-7-13-3-1-2-4-17(13)22-18(15)21-16/h1-6,8-9,11H,7,10H2. The van der Waals surface area contributed by atoms with E-state index in [4.69, 9.17) is 16.3 Å². The summed E-state index contributed by atoms with van der Waals surface area (Å²) in [6, 6.07) is 15.6. The van der Waals surface area contributed by atoms with E-state index in [-0.39, 0.29) is 0 Å². The number of rotatable bonds is 1. The van der Waals surface area contributed by atoms with Crippen molar-refractivity contribution >= 4 is 11.6 Å². The molecule has 0 radical (unpaired) electrons. The molecule has 0 fully saturated rings. The first-order valence-corrected chi connectivity index (χ1v) is 7.55. The fourth-order valence-electron chi connectivity index (χ4n) is 2.58. The van der Waals surface area contributed by atoms with Gasteiger partial charge in [-0.1, -0.05) is 41.9 Å². The van der Waals surface area contributed by atoms with Crippen LogP contribution in [0, 0.1) is 0 Å². The number of nitrogens with zero attached hydrogens (tertiary/aromatic N) is 2. The van der Waals surface area contributed by atoms with Crippen molar-refractivity contribution in [1.29, 1.82) is 0 Å². The topological polar surface area (TPSA) is 35.0 Å². The van der Waals surface area contributed by atoms with E-state index >= 15 is 0 Å². The second kappa shape index (κ2) is 5.43. The minimum absolute atomic E-state index is 0.595. The van der Waals surface area contributed by atoms with E-state index in [0.29, 0.717) is 10.9 Å². The van der Waals surface area contributed by atoms with E-state index in [0.717, 1.165) is 35.5 Å². The minimum atomic E-state index is 0.595. The van der Waals surface area contributed by atoms with Crippen LogP contribution in [0.2, 0.25) is 5.02 Å². The predicted molar refractivity (Wildman–Crippen MR) is 86.4 cm³/mol. The molecule has 2 aromatic carbocycles. The molecule has 108 valence electrons. The highest BCUT2D eigenvalue weighted by atomic mass is 35.5. The number of aryl methyl sites for hydroxylation is 2. The Morgan fingerprint density at radius 1 is 0.955 bits per heavy atom. The maximum atomic E-state index is 5.99. The van der Waals surface area contributed by atoms with E-state index in [1.807, 2.05) is 42.5 Å². The van der Waals surface area contributed by atoms with E-state index in [9.17, 15) is 0 Å². The summed E-state index contributed by atoms with van der Waals surface area (Å²) in [5.74, 6) is 1.46. The molecule has 2 heterocycles. The summed E-state index contributed by atoms with van der Waals surface area (Å²) >= 11 is 5.93. The Morgan fingerprint density at radius 2 is 1.77 bits per heavy atom. The molecular weight excluding hydrogens is 296 g/mol. The molecule has 0 aliphatic carbocycles. The number of ether oxygens (including phenoxy) is 1. The van der Waals surface area contributed by atoms with Crippen LogP contribution in [0.4, 0.5) is 0 Å². The van der Waals surface area contributed by atoms with Crippen LogP contribution >= 0.6 is 11.6 Å². The van der Waals surface area contributed by atoms with Crippen molar-refractivity contribution in [2.24, 2.45) is 0 Å². The maximum absolute atomic E-state index is 5.99. The van der Waals surface area contributed by atoms with Gasteiger partial charge in [-0.2, -0.15) is 0 Å². The second-order valence-electron chi connectivity index (χ2n) is 5.22. The lowest BCUT2D eigenvalue weighted by atomic mass is 10.1. The molecule has 1 aliphatic heterocycles. The summed E-state index contributed by atoms with van der Waals surface area (Å²) < 4.78 is 5.99. The molecule has 1 aromatic heterocycles. The molecule has 0 bridgehead atoms. The molecule has 4 heteroatoms. The third kappa shape index (κ3) is 2.44. The van der Waals surface area contributed by atoms with Gasteiger partial charge in [0.1, 0.15) is 11.4 Å². The lowest BCUT2D eigenvalue weighted by Crippen LogP contribution is -1.97. The van der Waals surface area contributed by atoms with Gasteiger partial charge in [0.2, 0.25) is 5.88 Å². The molecule has 22 heavy (non-hydrogen) atoms. The van der Waals surface area contributed by atoms with Crippen LogP contribution in [0.5, 0.6) is 11.6 Å². The Labute approximate surface area is 133 Å². The van der Waals surface area contributed by atoms with Crippen molar-refractivity contribution in [3.63, 3.8) is 0 Å². The van der Waals surface area contributed by atoms with Crippen LogP contribution in [-0.4, -0.2) is 9.97 Å². The first kappa shape index (κ1) is 13.3. The molecule has 0 atom stereocenters. The van der Waals surface area contributed by atoms with Crippen LogP contribution in [-0.2, 0) is 12.8 Å². The monoisotopic (exact) mass is 308 g/mol. The Balaban J connectivity index is 1.76. The predicted octanol–water partition coefficient (Wildman–Crippen LogP) is 4.69. The van der Waals surface area contributed by atoms with Crippen molar-refractivity contribution in [3.8, 4) is 22.9 Å². The van der Waals surface area contributed by atoms with Crippen molar-refractivity contribution in [2.75, 3.05) is 0 Å². The smallest absolute Gasteiger partial charge is 0.241 e. The van der Waals surface area contributed by atoms with Crippen LogP contribution < -0.4 is 4.74 Å². The van der Waals surface area contributed by atoms with Gasteiger partial charge in [-0.25, -0.2) is 4.98 Å². The number of hydrogen-bond donors (Lipinski definition) is 0. The van der Waals surface area contributed by atoms with E-state index in [1.165, 1.54) is 5.56 Å². The lowest BCUT2D eigenvalue weighted by Gasteiger charge is -2.09. The Bertz CT molecular complexity index is 831. The Hall–Kier alpha value is -2.39. The third-order valence-electron chi connectivity index (χ3n) is 3.76. The summed E-state index contributed by atoms with van der Waals surface area (Å²) in [5, 5.41) is 0.705. The van der Waals surface area contributed by atoms with E-state index < -0.39 is 0 Å². The molecule has 0 saturated carbocycles. The van der Waals surface area contributed by atoms with Gasteiger partial charge in [0.15, 0.2) is 0 Å². The van der Waals surface area contributed by atoms with Crippen molar-refractivity contribution < 1.29 is 4.74 Å². The zero-order chi connectivity index (χ0) is 14.9.